The van der Waals surface area contributed by atoms with Crippen LogP contribution >= 0.6 is 0 Å². The number of aliphatic hydroxyl groups is 1. The molecule has 0 aromatic carbocycles. The topological polar surface area (TPSA) is 50.1 Å². The first-order valence-corrected chi connectivity index (χ1v) is 5.07. The molecule has 0 amide bonds. The van der Waals surface area contributed by atoms with E-state index < -0.39 is 0 Å². The van der Waals surface area contributed by atoms with Gasteiger partial charge < -0.3 is 10.4 Å². The maximum atomic E-state index is 9.06. The number of rotatable bonds is 6. The van der Waals surface area contributed by atoms with Crippen molar-refractivity contribution >= 4 is 0 Å². The van der Waals surface area contributed by atoms with Crippen LogP contribution < -0.4 is 5.32 Å². The summed E-state index contributed by atoms with van der Waals surface area (Å²) in [5.74, 6) is 0. The molecule has 4 heteroatoms. The lowest BCUT2D eigenvalue weighted by Crippen LogP contribution is -2.32. The van der Waals surface area contributed by atoms with E-state index in [4.69, 9.17) is 5.11 Å². The minimum absolute atomic E-state index is 0.223. The summed E-state index contributed by atoms with van der Waals surface area (Å²) in [5, 5.41) is 16.5. The van der Waals surface area contributed by atoms with Gasteiger partial charge in [-0.15, -0.1) is 0 Å². The van der Waals surface area contributed by atoms with E-state index >= 15 is 0 Å². The van der Waals surface area contributed by atoms with Crippen molar-refractivity contribution in [2.75, 3.05) is 6.54 Å². The van der Waals surface area contributed by atoms with Crippen molar-refractivity contribution in [1.82, 2.24) is 15.1 Å². The zero-order valence-electron chi connectivity index (χ0n) is 8.85. The highest BCUT2D eigenvalue weighted by molar-refractivity contribution is 4.78. The second-order valence-electron chi connectivity index (χ2n) is 3.72. The molecule has 0 radical (unpaired) electrons. The Kier molecular flexibility index (Phi) is 4.62. The van der Waals surface area contributed by atoms with Crippen LogP contribution in [0.2, 0.25) is 0 Å². The van der Waals surface area contributed by atoms with Gasteiger partial charge in [-0.1, -0.05) is 0 Å². The molecule has 14 heavy (non-hydrogen) atoms. The van der Waals surface area contributed by atoms with Crippen molar-refractivity contribution in [3.63, 3.8) is 0 Å². The molecule has 0 saturated carbocycles. The minimum atomic E-state index is -0.223. The highest BCUT2D eigenvalue weighted by Gasteiger charge is 2.02. The molecule has 1 heterocycles. The molecular weight excluding hydrogens is 178 g/mol. The van der Waals surface area contributed by atoms with Gasteiger partial charge >= 0.3 is 0 Å². The van der Waals surface area contributed by atoms with E-state index in [-0.39, 0.29) is 6.10 Å². The Labute approximate surface area is 84.9 Å². The Morgan fingerprint density at radius 2 is 2.29 bits per heavy atom. The maximum absolute atomic E-state index is 9.06. The average molecular weight is 197 g/mol. The Hall–Kier alpha value is -0.870. The number of aromatic nitrogens is 2. The van der Waals surface area contributed by atoms with Gasteiger partial charge in [-0.2, -0.15) is 5.10 Å². The summed E-state index contributed by atoms with van der Waals surface area (Å²) in [6, 6.07) is 2.30. The fourth-order valence-electron chi connectivity index (χ4n) is 1.29. The standard InChI is InChI=1S/C10H19N3O/c1-9(11-6-4-10(2)14)8-13-7-3-5-12-13/h3,5,7,9-11,14H,4,6,8H2,1-2H3. The Morgan fingerprint density at radius 3 is 2.86 bits per heavy atom. The Bertz CT molecular complexity index is 234. The molecule has 0 bridgehead atoms. The molecule has 0 aliphatic rings. The van der Waals surface area contributed by atoms with Crippen molar-refractivity contribution in [2.24, 2.45) is 0 Å². The van der Waals surface area contributed by atoms with E-state index in [0.717, 1.165) is 19.5 Å². The quantitative estimate of drug-likeness (QED) is 0.703. The monoisotopic (exact) mass is 197 g/mol. The predicted octanol–water partition coefficient (Wildman–Crippen LogP) is 0.632. The van der Waals surface area contributed by atoms with Gasteiger partial charge in [0.2, 0.25) is 0 Å². The van der Waals surface area contributed by atoms with Crippen LogP contribution in [0.5, 0.6) is 0 Å². The van der Waals surface area contributed by atoms with Crippen LogP contribution in [0.3, 0.4) is 0 Å². The van der Waals surface area contributed by atoms with E-state index in [0.29, 0.717) is 6.04 Å². The molecule has 0 fully saturated rings. The third-order valence-corrected chi connectivity index (χ3v) is 2.08. The van der Waals surface area contributed by atoms with Crippen molar-refractivity contribution in [1.29, 1.82) is 0 Å². The van der Waals surface area contributed by atoms with Gasteiger partial charge in [-0.05, 0) is 32.9 Å². The number of nitrogens with zero attached hydrogens (tertiary/aromatic N) is 2. The highest BCUT2D eigenvalue weighted by atomic mass is 16.3. The fourth-order valence-corrected chi connectivity index (χ4v) is 1.29. The van der Waals surface area contributed by atoms with Gasteiger partial charge in [0.25, 0.3) is 0 Å². The van der Waals surface area contributed by atoms with Crippen LogP contribution in [0.4, 0.5) is 0 Å². The van der Waals surface area contributed by atoms with Crippen LogP contribution in [0.15, 0.2) is 18.5 Å². The lowest BCUT2D eigenvalue weighted by molar-refractivity contribution is 0.182. The molecule has 80 valence electrons. The third kappa shape index (κ3) is 4.39. The molecule has 0 spiro atoms. The highest BCUT2D eigenvalue weighted by Crippen LogP contribution is 1.92. The summed E-state index contributed by atoms with van der Waals surface area (Å²) in [6.07, 6.45) is 4.30. The van der Waals surface area contributed by atoms with Crippen LogP contribution in [0.1, 0.15) is 20.3 Å². The average Bonchev–Trinajstić information content (AvgIpc) is 2.56. The van der Waals surface area contributed by atoms with Crippen molar-refractivity contribution < 1.29 is 5.11 Å². The second kappa shape index (κ2) is 5.78. The SMILES string of the molecule is CC(O)CCNC(C)Cn1cccn1. The summed E-state index contributed by atoms with van der Waals surface area (Å²) in [5.41, 5.74) is 0. The first-order chi connectivity index (χ1) is 6.68. The third-order valence-electron chi connectivity index (χ3n) is 2.08. The minimum Gasteiger partial charge on any atom is -0.393 e. The van der Waals surface area contributed by atoms with E-state index in [2.05, 4.69) is 17.3 Å². The summed E-state index contributed by atoms with van der Waals surface area (Å²) >= 11 is 0. The summed E-state index contributed by atoms with van der Waals surface area (Å²) < 4.78 is 1.90. The maximum Gasteiger partial charge on any atom is 0.0559 e. The van der Waals surface area contributed by atoms with Gasteiger partial charge in [-0.25, -0.2) is 0 Å². The molecule has 4 nitrogen and oxygen atoms in total. The molecule has 2 atom stereocenters. The number of nitrogens with one attached hydrogen (secondary N) is 1. The summed E-state index contributed by atoms with van der Waals surface area (Å²) in [6.45, 7) is 5.64. The van der Waals surface area contributed by atoms with Gasteiger partial charge in [-0.3, -0.25) is 4.68 Å². The van der Waals surface area contributed by atoms with E-state index in [1.807, 2.05) is 16.9 Å². The molecule has 2 N–H and O–H groups in total. The second-order valence-corrected chi connectivity index (χ2v) is 3.72. The van der Waals surface area contributed by atoms with E-state index in [1.54, 1.807) is 13.1 Å². The zero-order valence-corrected chi connectivity index (χ0v) is 8.85. The number of hydrogen-bond donors (Lipinski definition) is 2. The Balaban J connectivity index is 2.13. The molecule has 0 aliphatic carbocycles. The molecular formula is C10H19N3O. The lowest BCUT2D eigenvalue weighted by Gasteiger charge is -2.14. The number of hydrogen-bond acceptors (Lipinski definition) is 3. The summed E-state index contributed by atoms with van der Waals surface area (Å²) in [7, 11) is 0. The van der Waals surface area contributed by atoms with Gasteiger partial charge in [0.05, 0.1) is 12.6 Å². The first kappa shape index (κ1) is 11.2. The largest absolute Gasteiger partial charge is 0.393 e. The van der Waals surface area contributed by atoms with E-state index in [1.165, 1.54) is 0 Å². The zero-order chi connectivity index (χ0) is 10.4. The fraction of sp³-hybridized carbons (Fsp3) is 0.700. The van der Waals surface area contributed by atoms with Gasteiger partial charge in [0.1, 0.15) is 0 Å². The van der Waals surface area contributed by atoms with E-state index in [9.17, 15) is 0 Å². The predicted molar refractivity (Wildman–Crippen MR) is 56.0 cm³/mol. The molecule has 2 unspecified atom stereocenters. The molecule has 0 aliphatic heterocycles. The Morgan fingerprint density at radius 1 is 1.50 bits per heavy atom. The van der Waals surface area contributed by atoms with Crippen LogP contribution in [-0.2, 0) is 6.54 Å². The molecule has 1 aromatic heterocycles. The van der Waals surface area contributed by atoms with Gasteiger partial charge in [0.15, 0.2) is 0 Å². The smallest absolute Gasteiger partial charge is 0.0559 e. The van der Waals surface area contributed by atoms with Crippen molar-refractivity contribution in [2.45, 2.75) is 39.0 Å². The molecule has 1 aromatic rings. The normalized spacial score (nSPS) is 15.4. The summed E-state index contributed by atoms with van der Waals surface area (Å²) in [4.78, 5) is 0. The molecule has 0 saturated heterocycles. The van der Waals surface area contributed by atoms with Crippen LogP contribution in [-0.4, -0.2) is 33.6 Å². The van der Waals surface area contributed by atoms with Gasteiger partial charge in [0, 0.05) is 18.4 Å². The lowest BCUT2D eigenvalue weighted by atomic mass is 10.2. The van der Waals surface area contributed by atoms with Crippen molar-refractivity contribution in [3.05, 3.63) is 18.5 Å². The van der Waals surface area contributed by atoms with Crippen molar-refractivity contribution in [3.8, 4) is 0 Å². The molecule has 1 rings (SSSR count). The first-order valence-electron chi connectivity index (χ1n) is 5.07. The number of aliphatic hydroxyl groups excluding tert-OH is 1. The van der Waals surface area contributed by atoms with Crippen LogP contribution in [0, 0.1) is 0 Å². The van der Waals surface area contributed by atoms with Crippen LogP contribution in [0.25, 0.3) is 0 Å².